The summed E-state index contributed by atoms with van der Waals surface area (Å²) < 4.78 is 5.28. The highest BCUT2D eigenvalue weighted by Crippen LogP contribution is 2.16. The Hall–Kier alpha value is -0.650. The minimum absolute atomic E-state index is 0.249. The lowest BCUT2D eigenvalue weighted by Gasteiger charge is -2.29. The molecule has 1 atom stereocenters. The number of likely N-dealkylation sites (tertiary alicyclic amines) is 1. The molecule has 0 aromatic heterocycles. The lowest BCUT2D eigenvalue weighted by molar-refractivity contribution is -0.142. The number of morpholine rings is 1. The zero-order valence-electron chi connectivity index (χ0n) is 9.60. The molecule has 0 radical (unpaired) electrons. The van der Waals surface area contributed by atoms with Gasteiger partial charge in [-0.2, -0.15) is 0 Å². The standard InChI is InChI=1S/C11H20N2O3/c14-11(15)10-2-1-3-13(10)5-4-12-6-8-16-9-7-12/h10H,1-9H2,(H,14,15). The van der Waals surface area contributed by atoms with Crippen LogP contribution in [0.3, 0.4) is 0 Å². The van der Waals surface area contributed by atoms with Crippen LogP contribution in [0.1, 0.15) is 12.8 Å². The third-order valence-corrected chi connectivity index (χ3v) is 3.46. The molecule has 1 unspecified atom stereocenters. The Morgan fingerprint density at radius 2 is 2.00 bits per heavy atom. The molecule has 5 nitrogen and oxygen atoms in total. The zero-order chi connectivity index (χ0) is 11.4. The Bertz CT molecular complexity index is 241. The lowest BCUT2D eigenvalue weighted by atomic mass is 10.2. The van der Waals surface area contributed by atoms with Crippen molar-refractivity contribution in [3.8, 4) is 0 Å². The molecule has 1 N–H and O–H groups in total. The second-order valence-corrected chi connectivity index (χ2v) is 4.49. The molecule has 0 spiro atoms. The minimum Gasteiger partial charge on any atom is -0.480 e. The number of hydrogen-bond donors (Lipinski definition) is 1. The van der Waals surface area contributed by atoms with Gasteiger partial charge in [0, 0.05) is 26.2 Å². The first-order chi connectivity index (χ1) is 7.77. The number of carboxylic acid groups (broad SMARTS) is 1. The minimum atomic E-state index is -0.667. The van der Waals surface area contributed by atoms with Gasteiger partial charge in [0.25, 0.3) is 0 Å². The highest BCUT2D eigenvalue weighted by Gasteiger charge is 2.30. The number of nitrogens with zero attached hydrogens (tertiary/aromatic N) is 2. The lowest BCUT2D eigenvalue weighted by Crippen LogP contribution is -2.44. The van der Waals surface area contributed by atoms with Gasteiger partial charge in [0.15, 0.2) is 0 Å². The second-order valence-electron chi connectivity index (χ2n) is 4.49. The van der Waals surface area contributed by atoms with Crippen molar-refractivity contribution in [2.24, 2.45) is 0 Å². The highest BCUT2D eigenvalue weighted by molar-refractivity contribution is 5.73. The Morgan fingerprint density at radius 3 is 2.69 bits per heavy atom. The van der Waals surface area contributed by atoms with Gasteiger partial charge in [0.2, 0.25) is 0 Å². The fourth-order valence-electron chi connectivity index (χ4n) is 2.47. The summed E-state index contributed by atoms with van der Waals surface area (Å²) in [4.78, 5) is 15.4. The van der Waals surface area contributed by atoms with E-state index in [1.165, 1.54) is 0 Å². The largest absolute Gasteiger partial charge is 0.480 e. The number of carbonyl (C=O) groups is 1. The summed E-state index contributed by atoms with van der Waals surface area (Å²) in [5, 5.41) is 9.05. The van der Waals surface area contributed by atoms with E-state index in [4.69, 9.17) is 9.84 Å². The van der Waals surface area contributed by atoms with Crippen molar-refractivity contribution in [1.82, 2.24) is 9.80 Å². The van der Waals surface area contributed by atoms with E-state index in [1.54, 1.807) is 0 Å². The topological polar surface area (TPSA) is 53.0 Å². The van der Waals surface area contributed by atoms with E-state index in [9.17, 15) is 4.79 Å². The SMILES string of the molecule is O=C(O)C1CCCN1CCN1CCOCC1. The molecule has 0 saturated carbocycles. The maximum Gasteiger partial charge on any atom is 0.320 e. The van der Waals surface area contributed by atoms with E-state index < -0.39 is 5.97 Å². The van der Waals surface area contributed by atoms with Gasteiger partial charge >= 0.3 is 5.97 Å². The fraction of sp³-hybridized carbons (Fsp3) is 0.909. The predicted octanol–water partition coefficient (Wildman–Crippen LogP) is -0.132. The average molecular weight is 228 g/mol. The highest BCUT2D eigenvalue weighted by atomic mass is 16.5. The van der Waals surface area contributed by atoms with E-state index in [-0.39, 0.29) is 6.04 Å². The molecule has 2 aliphatic rings. The number of ether oxygens (including phenoxy) is 1. The maximum atomic E-state index is 11.0. The van der Waals surface area contributed by atoms with Crippen molar-refractivity contribution < 1.29 is 14.6 Å². The molecule has 2 heterocycles. The molecule has 0 bridgehead atoms. The molecule has 0 aromatic rings. The monoisotopic (exact) mass is 228 g/mol. The summed E-state index contributed by atoms with van der Waals surface area (Å²) in [5.74, 6) is -0.667. The number of aliphatic carboxylic acids is 1. The predicted molar refractivity (Wildman–Crippen MR) is 59.5 cm³/mol. The van der Waals surface area contributed by atoms with Crippen molar-refractivity contribution in [2.75, 3.05) is 45.9 Å². The van der Waals surface area contributed by atoms with Crippen LogP contribution >= 0.6 is 0 Å². The number of hydrogen-bond acceptors (Lipinski definition) is 4. The van der Waals surface area contributed by atoms with Gasteiger partial charge in [-0.3, -0.25) is 14.6 Å². The van der Waals surface area contributed by atoms with Crippen LogP contribution in [-0.2, 0) is 9.53 Å². The molecule has 2 aliphatic heterocycles. The van der Waals surface area contributed by atoms with E-state index in [0.717, 1.165) is 58.8 Å². The quantitative estimate of drug-likeness (QED) is 0.726. The summed E-state index contributed by atoms with van der Waals surface area (Å²) in [6.45, 7) is 6.34. The van der Waals surface area contributed by atoms with Crippen LogP contribution in [0, 0.1) is 0 Å². The summed E-state index contributed by atoms with van der Waals surface area (Å²) in [6.07, 6.45) is 1.82. The Labute approximate surface area is 96.0 Å². The van der Waals surface area contributed by atoms with Crippen molar-refractivity contribution >= 4 is 5.97 Å². The molecule has 92 valence electrons. The van der Waals surface area contributed by atoms with Gasteiger partial charge in [-0.05, 0) is 19.4 Å². The number of carboxylic acids is 1. The Morgan fingerprint density at radius 1 is 1.25 bits per heavy atom. The molecule has 2 fully saturated rings. The van der Waals surface area contributed by atoms with Gasteiger partial charge < -0.3 is 9.84 Å². The van der Waals surface area contributed by atoms with Crippen LogP contribution in [0.5, 0.6) is 0 Å². The molecule has 2 rings (SSSR count). The van der Waals surface area contributed by atoms with E-state index in [1.807, 2.05) is 0 Å². The molecular formula is C11H20N2O3. The molecule has 0 aromatic carbocycles. The molecule has 0 aliphatic carbocycles. The van der Waals surface area contributed by atoms with Gasteiger partial charge in [-0.25, -0.2) is 0 Å². The van der Waals surface area contributed by atoms with Gasteiger partial charge in [-0.1, -0.05) is 0 Å². The Balaban J connectivity index is 1.73. The van der Waals surface area contributed by atoms with Crippen LogP contribution in [0.2, 0.25) is 0 Å². The van der Waals surface area contributed by atoms with E-state index >= 15 is 0 Å². The fourth-order valence-corrected chi connectivity index (χ4v) is 2.47. The molecule has 16 heavy (non-hydrogen) atoms. The van der Waals surface area contributed by atoms with Crippen LogP contribution in [-0.4, -0.2) is 72.9 Å². The van der Waals surface area contributed by atoms with Crippen molar-refractivity contribution in [3.05, 3.63) is 0 Å². The first-order valence-electron chi connectivity index (χ1n) is 6.04. The normalized spacial score (nSPS) is 28.4. The Kier molecular flexibility index (Phi) is 4.15. The van der Waals surface area contributed by atoms with Crippen LogP contribution in [0.4, 0.5) is 0 Å². The van der Waals surface area contributed by atoms with Gasteiger partial charge in [0.05, 0.1) is 13.2 Å². The van der Waals surface area contributed by atoms with E-state index in [0.29, 0.717) is 0 Å². The van der Waals surface area contributed by atoms with Gasteiger partial charge in [0.1, 0.15) is 6.04 Å². The van der Waals surface area contributed by atoms with Crippen molar-refractivity contribution in [3.63, 3.8) is 0 Å². The first kappa shape index (κ1) is 11.8. The summed E-state index contributed by atoms with van der Waals surface area (Å²) >= 11 is 0. The average Bonchev–Trinajstić information content (AvgIpc) is 2.76. The van der Waals surface area contributed by atoms with E-state index in [2.05, 4.69) is 9.80 Å². The zero-order valence-corrected chi connectivity index (χ0v) is 9.60. The van der Waals surface area contributed by atoms with Crippen LogP contribution in [0.25, 0.3) is 0 Å². The molecule has 0 amide bonds. The molecule has 5 heteroatoms. The third kappa shape index (κ3) is 2.93. The molecule has 2 saturated heterocycles. The van der Waals surface area contributed by atoms with Crippen LogP contribution < -0.4 is 0 Å². The van der Waals surface area contributed by atoms with Crippen molar-refractivity contribution in [2.45, 2.75) is 18.9 Å². The van der Waals surface area contributed by atoms with Gasteiger partial charge in [-0.15, -0.1) is 0 Å². The molecular weight excluding hydrogens is 208 g/mol. The van der Waals surface area contributed by atoms with Crippen molar-refractivity contribution in [1.29, 1.82) is 0 Å². The summed E-state index contributed by atoms with van der Waals surface area (Å²) in [6, 6.07) is -0.249. The second kappa shape index (κ2) is 5.61. The van der Waals surface area contributed by atoms with Crippen LogP contribution in [0.15, 0.2) is 0 Å². The summed E-state index contributed by atoms with van der Waals surface area (Å²) in [5.41, 5.74) is 0. The third-order valence-electron chi connectivity index (χ3n) is 3.46. The first-order valence-corrected chi connectivity index (χ1v) is 6.04. The number of rotatable bonds is 4. The smallest absolute Gasteiger partial charge is 0.320 e. The summed E-state index contributed by atoms with van der Waals surface area (Å²) in [7, 11) is 0. The maximum absolute atomic E-state index is 11.0.